The van der Waals surface area contributed by atoms with E-state index in [0.29, 0.717) is 32.8 Å². The van der Waals surface area contributed by atoms with Gasteiger partial charge in [-0.1, -0.05) is 0 Å². The standard InChI is InChI=1S/C15H8N6OS/c1-8-11(6-17)14-12(7-18-8)15(23-21-14)20-19-10-2-3-13(22)9(4-10)5-16/h2-4,7,22H,1H3. The van der Waals surface area contributed by atoms with E-state index in [4.69, 9.17) is 5.26 Å². The molecule has 0 saturated heterocycles. The van der Waals surface area contributed by atoms with Crippen molar-refractivity contribution in [3.63, 3.8) is 0 Å². The van der Waals surface area contributed by atoms with Crippen molar-refractivity contribution < 1.29 is 5.11 Å². The fourth-order valence-electron chi connectivity index (χ4n) is 1.97. The molecule has 0 bridgehead atoms. The number of aromatic hydroxyl groups is 1. The van der Waals surface area contributed by atoms with Gasteiger partial charge in [-0.05, 0) is 36.7 Å². The lowest BCUT2D eigenvalue weighted by atomic mass is 10.1. The summed E-state index contributed by atoms with van der Waals surface area (Å²) in [6, 6.07) is 8.33. The molecule has 1 aromatic carbocycles. The summed E-state index contributed by atoms with van der Waals surface area (Å²) >= 11 is 1.12. The molecule has 7 nitrogen and oxygen atoms in total. The number of hydrogen-bond donors (Lipinski definition) is 1. The molecule has 8 heteroatoms. The van der Waals surface area contributed by atoms with E-state index in [1.165, 1.54) is 12.1 Å². The second kappa shape index (κ2) is 5.79. The van der Waals surface area contributed by atoms with Gasteiger partial charge < -0.3 is 5.11 Å². The zero-order chi connectivity index (χ0) is 16.4. The number of nitrogens with zero attached hydrogens (tertiary/aromatic N) is 6. The number of hydrogen-bond acceptors (Lipinski definition) is 8. The molecule has 23 heavy (non-hydrogen) atoms. The maximum absolute atomic E-state index is 9.47. The normalized spacial score (nSPS) is 10.7. The van der Waals surface area contributed by atoms with Crippen molar-refractivity contribution >= 4 is 33.1 Å². The highest BCUT2D eigenvalue weighted by Gasteiger charge is 2.12. The zero-order valence-corrected chi connectivity index (χ0v) is 12.7. The Balaban J connectivity index is 2.03. The van der Waals surface area contributed by atoms with Gasteiger partial charge in [0.25, 0.3) is 0 Å². The van der Waals surface area contributed by atoms with Crippen LogP contribution in [0.5, 0.6) is 5.75 Å². The second-order valence-electron chi connectivity index (χ2n) is 4.59. The molecular weight excluding hydrogens is 312 g/mol. The summed E-state index contributed by atoms with van der Waals surface area (Å²) in [5.41, 5.74) is 2.16. The van der Waals surface area contributed by atoms with E-state index in [-0.39, 0.29) is 11.3 Å². The van der Waals surface area contributed by atoms with E-state index in [1.54, 1.807) is 19.2 Å². The number of aryl methyl sites for hydroxylation is 1. The molecule has 0 aliphatic rings. The summed E-state index contributed by atoms with van der Waals surface area (Å²) in [5.74, 6) is -0.104. The first-order valence-corrected chi connectivity index (χ1v) is 7.21. The molecular formula is C15H8N6OS. The Labute approximate surface area is 135 Å². The summed E-state index contributed by atoms with van der Waals surface area (Å²) in [6.07, 6.45) is 1.61. The highest BCUT2D eigenvalue weighted by molar-refractivity contribution is 7.11. The predicted octanol–water partition coefficient (Wildman–Crippen LogP) is 3.86. The highest BCUT2D eigenvalue weighted by atomic mass is 32.1. The molecule has 3 aromatic rings. The zero-order valence-electron chi connectivity index (χ0n) is 11.8. The van der Waals surface area contributed by atoms with Gasteiger partial charge in [0.1, 0.15) is 29.0 Å². The number of phenols is 1. The Kier molecular flexibility index (Phi) is 3.67. The molecule has 2 aromatic heterocycles. The van der Waals surface area contributed by atoms with Gasteiger partial charge in [-0.3, -0.25) is 4.98 Å². The Morgan fingerprint density at radius 3 is 2.78 bits per heavy atom. The van der Waals surface area contributed by atoms with Crippen molar-refractivity contribution in [3.8, 4) is 17.9 Å². The molecule has 0 aliphatic carbocycles. The molecule has 0 atom stereocenters. The van der Waals surface area contributed by atoms with E-state index < -0.39 is 0 Å². The fourth-order valence-corrected chi connectivity index (χ4v) is 2.66. The lowest BCUT2D eigenvalue weighted by molar-refractivity contribution is 0.473. The van der Waals surface area contributed by atoms with Crippen molar-refractivity contribution in [3.05, 3.63) is 41.2 Å². The lowest BCUT2D eigenvalue weighted by Crippen LogP contribution is -1.88. The Morgan fingerprint density at radius 2 is 2.04 bits per heavy atom. The summed E-state index contributed by atoms with van der Waals surface area (Å²) in [6.45, 7) is 1.75. The average molecular weight is 320 g/mol. The van der Waals surface area contributed by atoms with Gasteiger partial charge in [-0.2, -0.15) is 14.9 Å². The molecule has 0 unspecified atom stereocenters. The molecule has 0 aliphatic heterocycles. The Hall–Kier alpha value is -3.36. The van der Waals surface area contributed by atoms with Crippen LogP contribution in [0.2, 0.25) is 0 Å². The van der Waals surface area contributed by atoms with E-state index in [9.17, 15) is 10.4 Å². The minimum absolute atomic E-state index is 0.104. The molecule has 1 N–H and O–H groups in total. The van der Waals surface area contributed by atoms with Crippen molar-refractivity contribution in [2.24, 2.45) is 10.2 Å². The molecule has 0 saturated carbocycles. The number of fused-ring (bicyclic) bond motifs is 1. The molecule has 3 rings (SSSR count). The van der Waals surface area contributed by atoms with Crippen LogP contribution in [0.25, 0.3) is 10.9 Å². The second-order valence-corrected chi connectivity index (χ2v) is 5.35. The van der Waals surface area contributed by atoms with Crippen LogP contribution in [-0.4, -0.2) is 14.5 Å². The number of aromatic nitrogens is 2. The van der Waals surface area contributed by atoms with Crippen LogP contribution in [-0.2, 0) is 0 Å². The number of rotatable bonds is 2. The molecule has 110 valence electrons. The summed E-state index contributed by atoms with van der Waals surface area (Å²) in [5, 5.41) is 36.9. The van der Waals surface area contributed by atoms with E-state index in [0.717, 1.165) is 11.5 Å². The fraction of sp³-hybridized carbons (Fsp3) is 0.0667. The highest BCUT2D eigenvalue weighted by Crippen LogP contribution is 2.34. The van der Waals surface area contributed by atoms with Gasteiger partial charge in [0, 0.05) is 6.20 Å². The molecule has 0 radical (unpaired) electrons. The molecule has 0 fully saturated rings. The van der Waals surface area contributed by atoms with Gasteiger partial charge in [-0.25, -0.2) is 0 Å². The largest absolute Gasteiger partial charge is 0.507 e. The molecule has 0 amide bonds. The first kappa shape index (κ1) is 14.6. The van der Waals surface area contributed by atoms with Crippen molar-refractivity contribution in [1.29, 1.82) is 10.5 Å². The third-order valence-electron chi connectivity index (χ3n) is 3.16. The van der Waals surface area contributed by atoms with Crippen molar-refractivity contribution in [2.45, 2.75) is 6.92 Å². The number of benzene rings is 1. The summed E-state index contributed by atoms with van der Waals surface area (Å²) < 4.78 is 4.24. The van der Waals surface area contributed by atoms with Gasteiger partial charge in [0.05, 0.1) is 22.3 Å². The van der Waals surface area contributed by atoms with Gasteiger partial charge >= 0.3 is 0 Å². The number of azo groups is 1. The van der Waals surface area contributed by atoms with E-state index in [1.807, 2.05) is 6.07 Å². The van der Waals surface area contributed by atoms with Crippen LogP contribution < -0.4 is 0 Å². The van der Waals surface area contributed by atoms with Crippen molar-refractivity contribution in [1.82, 2.24) is 9.36 Å². The third kappa shape index (κ3) is 2.59. The topological polar surface area (TPSA) is 118 Å². The quantitative estimate of drug-likeness (QED) is 0.719. The van der Waals surface area contributed by atoms with Crippen LogP contribution in [0.1, 0.15) is 16.8 Å². The summed E-state index contributed by atoms with van der Waals surface area (Å²) in [4.78, 5) is 4.17. The van der Waals surface area contributed by atoms with Crippen LogP contribution in [0.15, 0.2) is 34.6 Å². The minimum Gasteiger partial charge on any atom is -0.507 e. The predicted molar refractivity (Wildman–Crippen MR) is 83.9 cm³/mol. The molecule has 2 heterocycles. The smallest absolute Gasteiger partial charge is 0.168 e. The Bertz CT molecular complexity index is 1020. The first-order chi connectivity index (χ1) is 11.1. The maximum Gasteiger partial charge on any atom is 0.168 e. The molecule has 0 spiro atoms. The summed E-state index contributed by atoms with van der Waals surface area (Å²) in [7, 11) is 0. The Morgan fingerprint density at radius 1 is 1.22 bits per heavy atom. The van der Waals surface area contributed by atoms with E-state index >= 15 is 0 Å². The van der Waals surface area contributed by atoms with Crippen molar-refractivity contribution in [2.75, 3.05) is 0 Å². The number of pyridine rings is 1. The minimum atomic E-state index is -0.104. The first-order valence-electron chi connectivity index (χ1n) is 6.44. The number of nitriles is 2. The van der Waals surface area contributed by atoms with Crippen LogP contribution in [0.4, 0.5) is 10.7 Å². The monoisotopic (exact) mass is 320 g/mol. The van der Waals surface area contributed by atoms with Gasteiger partial charge in [-0.15, -0.1) is 10.2 Å². The van der Waals surface area contributed by atoms with Crippen LogP contribution in [0, 0.1) is 29.6 Å². The maximum atomic E-state index is 9.47. The average Bonchev–Trinajstić information content (AvgIpc) is 2.97. The van der Waals surface area contributed by atoms with Crippen LogP contribution in [0.3, 0.4) is 0 Å². The third-order valence-corrected chi connectivity index (χ3v) is 3.91. The SMILES string of the molecule is Cc1ncc2c(N=Nc3ccc(O)c(C#N)c3)snc2c1C#N. The van der Waals surface area contributed by atoms with Gasteiger partial charge in [0.2, 0.25) is 0 Å². The number of phenolic OH excluding ortho intramolecular Hbond substituents is 1. The van der Waals surface area contributed by atoms with Gasteiger partial charge in [0.15, 0.2) is 5.00 Å². The lowest BCUT2D eigenvalue weighted by Gasteiger charge is -1.97. The van der Waals surface area contributed by atoms with E-state index in [2.05, 4.69) is 25.7 Å². The van der Waals surface area contributed by atoms with Crippen LogP contribution >= 0.6 is 11.5 Å².